The second-order valence-corrected chi connectivity index (χ2v) is 6.47. The van der Waals surface area contributed by atoms with Crippen LogP contribution in [-0.4, -0.2) is 27.2 Å². The Kier molecular flexibility index (Phi) is 5.45. The third-order valence-electron chi connectivity index (χ3n) is 2.12. The molecule has 0 saturated carbocycles. The van der Waals surface area contributed by atoms with Gasteiger partial charge in [0.05, 0.1) is 8.49 Å². The molecule has 0 saturated heterocycles. The van der Waals surface area contributed by atoms with Gasteiger partial charge in [-0.05, 0) is 29.5 Å². The number of rotatable bonds is 5. The van der Waals surface area contributed by atoms with E-state index in [1.54, 1.807) is 35.8 Å². The molecule has 2 unspecified atom stereocenters. The summed E-state index contributed by atoms with van der Waals surface area (Å²) in [5.74, 6) is -0.182. The highest BCUT2D eigenvalue weighted by Crippen LogP contribution is 2.29. The molecule has 0 aromatic heterocycles. The largest absolute Gasteiger partial charge is 0.376 e. The van der Waals surface area contributed by atoms with Crippen LogP contribution in [0.25, 0.3) is 0 Å². The van der Waals surface area contributed by atoms with Crippen molar-refractivity contribution < 1.29 is 13.5 Å². The summed E-state index contributed by atoms with van der Waals surface area (Å²) >= 11 is 1.70. The molecule has 0 spiro atoms. The number of hydrogen-bond donors (Lipinski definition) is 1. The summed E-state index contributed by atoms with van der Waals surface area (Å²) in [5, 5.41) is 13.7. The molecule has 100 valence electrons. The van der Waals surface area contributed by atoms with Crippen LogP contribution in [0.15, 0.2) is 12.1 Å². The van der Waals surface area contributed by atoms with Crippen molar-refractivity contribution in [3.05, 3.63) is 31.6 Å². The first kappa shape index (κ1) is 15.3. The van der Waals surface area contributed by atoms with E-state index in [0.29, 0.717) is 5.75 Å². The first-order chi connectivity index (χ1) is 8.31. The number of anilines is 1. The van der Waals surface area contributed by atoms with Gasteiger partial charge in [-0.1, -0.05) is 0 Å². The van der Waals surface area contributed by atoms with Crippen molar-refractivity contribution in [2.45, 2.75) is 13.0 Å². The van der Waals surface area contributed by atoms with Crippen LogP contribution < -0.4 is 5.32 Å². The minimum absolute atomic E-state index is 0.107. The van der Waals surface area contributed by atoms with Gasteiger partial charge in [-0.3, -0.25) is 14.3 Å². The molecule has 1 N–H and O–H groups in total. The Morgan fingerprint density at radius 3 is 2.72 bits per heavy atom. The molecule has 0 aliphatic carbocycles. The molecule has 0 heterocycles. The molecule has 2 atom stereocenters. The Hall–Kier alpha value is -0.770. The number of nitrogens with one attached hydrogen (secondary N) is 1. The van der Waals surface area contributed by atoms with E-state index in [9.17, 15) is 18.7 Å². The first-order valence-corrected chi connectivity index (χ1v) is 7.82. The van der Waals surface area contributed by atoms with Gasteiger partial charge in [-0.25, -0.2) is 4.39 Å². The second-order valence-electron chi connectivity index (χ2n) is 3.83. The summed E-state index contributed by atoms with van der Waals surface area (Å²) in [5.41, 5.74) is -0.0783. The van der Waals surface area contributed by atoms with Gasteiger partial charge in [0.25, 0.3) is 5.69 Å². The Labute approximate surface area is 120 Å². The fraction of sp³-hybridized carbons (Fsp3) is 0.400. The van der Waals surface area contributed by atoms with Crippen LogP contribution in [0.5, 0.6) is 0 Å². The van der Waals surface area contributed by atoms with Crippen molar-refractivity contribution in [3.8, 4) is 0 Å². The summed E-state index contributed by atoms with van der Waals surface area (Å²) in [4.78, 5) is 10.3. The van der Waals surface area contributed by atoms with Crippen LogP contribution in [0, 0.1) is 19.5 Å². The topological polar surface area (TPSA) is 72.2 Å². The second kappa shape index (κ2) is 6.41. The predicted octanol–water partition coefficient (Wildman–Crippen LogP) is 2.52. The lowest BCUT2D eigenvalue weighted by Crippen LogP contribution is -2.23. The molecule has 0 aliphatic heterocycles. The van der Waals surface area contributed by atoms with Crippen molar-refractivity contribution in [1.82, 2.24) is 0 Å². The van der Waals surface area contributed by atoms with Gasteiger partial charge in [0.15, 0.2) is 0 Å². The first-order valence-electron chi connectivity index (χ1n) is 5.01. The molecule has 0 aliphatic rings. The normalized spacial score (nSPS) is 14.0. The molecule has 8 heteroatoms. The molecule has 0 amide bonds. The number of halogens is 2. The fourth-order valence-electron chi connectivity index (χ4n) is 1.46. The highest BCUT2D eigenvalue weighted by molar-refractivity contribution is 14.1. The molecule has 1 aromatic rings. The van der Waals surface area contributed by atoms with E-state index in [0.717, 1.165) is 6.07 Å². The lowest BCUT2D eigenvalue weighted by atomic mass is 10.2. The van der Waals surface area contributed by atoms with Crippen LogP contribution in [-0.2, 0) is 10.8 Å². The van der Waals surface area contributed by atoms with Gasteiger partial charge in [-0.15, -0.1) is 0 Å². The highest BCUT2D eigenvalue weighted by atomic mass is 127. The van der Waals surface area contributed by atoms with Gasteiger partial charge in [0, 0.05) is 41.0 Å². The van der Waals surface area contributed by atoms with Gasteiger partial charge in [0.2, 0.25) is 0 Å². The van der Waals surface area contributed by atoms with Crippen molar-refractivity contribution in [3.63, 3.8) is 0 Å². The maximum absolute atomic E-state index is 13.4. The SMILES string of the molecule is CC(CS(C)=O)Nc1cc(F)c(I)cc1[N+](=O)[O-]. The summed E-state index contributed by atoms with van der Waals surface area (Å²) < 4.78 is 24.6. The smallest absolute Gasteiger partial charge is 0.293 e. The number of benzene rings is 1. The van der Waals surface area contributed by atoms with E-state index < -0.39 is 21.5 Å². The molecule has 18 heavy (non-hydrogen) atoms. The number of hydrogen-bond acceptors (Lipinski definition) is 4. The van der Waals surface area contributed by atoms with Crippen LogP contribution in [0.3, 0.4) is 0 Å². The molecule has 5 nitrogen and oxygen atoms in total. The van der Waals surface area contributed by atoms with E-state index in [-0.39, 0.29) is 21.0 Å². The highest BCUT2D eigenvalue weighted by Gasteiger charge is 2.19. The molecular formula is C10H12FIN2O3S. The van der Waals surface area contributed by atoms with E-state index in [2.05, 4.69) is 5.32 Å². The molecule has 0 fully saturated rings. The number of nitrogens with zero attached hydrogens (tertiary/aromatic N) is 1. The van der Waals surface area contributed by atoms with Crippen LogP contribution in [0.1, 0.15) is 6.92 Å². The standard InChI is InChI=1S/C10H12FIN2O3S/c1-6(5-18(2)17)13-9-3-7(11)8(12)4-10(9)14(15)16/h3-4,6,13H,5H2,1-2H3. The zero-order chi connectivity index (χ0) is 13.9. The van der Waals surface area contributed by atoms with Crippen LogP contribution in [0.4, 0.5) is 15.8 Å². The third kappa shape index (κ3) is 4.16. The minimum atomic E-state index is -1.02. The Morgan fingerprint density at radius 1 is 1.61 bits per heavy atom. The van der Waals surface area contributed by atoms with Gasteiger partial charge in [-0.2, -0.15) is 0 Å². The maximum atomic E-state index is 13.4. The van der Waals surface area contributed by atoms with Crippen molar-refractivity contribution in [2.24, 2.45) is 0 Å². The average Bonchev–Trinajstić information content (AvgIpc) is 2.21. The lowest BCUT2D eigenvalue weighted by Gasteiger charge is -2.14. The van der Waals surface area contributed by atoms with Crippen molar-refractivity contribution in [1.29, 1.82) is 0 Å². The molecule has 0 radical (unpaired) electrons. The average molecular weight is 386 g/mol. The van der Waals surface area contributed by atoms with Gasteiger partial charge < -0.3 is 5.32 Å². The third-order valence-corrected chi connectivity index (χ3v) is 3.92. The fourth-order valence-corrected chi connectivity index (χ4v) is 2.70. The zero-order valence-corrected chi connectivity index (χ0v) is 12.7. The Balaban J connectivity index is 3.03. The summed E-state index contributed by atoms with van der Waals surface area (Å²) in [6.45, 7) is 1.74. The Morgan fingerprint density at radius 2 is 2.22 bits per heavy atom. The van der Waals surface area contributed by atoms with Gasteiger partial charge in [0.1, 0.15) is 11.5 Å². The van der Waals surface area contributed by atoms with E-state index in [4.69, 9.17) is 0 Å². The minimum Gasteiger partial charge on any atom is -0.376 e. The maximum Gasteiger partial charge on any atom is 0.293 e. The predicted molar refractivity (Wildman–Crippen MR) is 77.8 cm³/mol. The van der Waals surface area contributed by atoms with Crippen molar-refractivity contribution >= 4 is 44.8 Å². The van der Waals surface area contributed by atoms with Crippen LogP contribution in [0.2, 0.25) is 0 Å². The van der Waals surface area contributed by atoms with E-state index in [1.807, 2.05) is 0 Å². The van der Waals surface area contributed by atoms with Crippen molar-refractivity contribution in [2.75, 3.05) is 17.3 Å². The number of nitro benzene ring substituents is 1. The van der Waals surface area contributed by atoms with Crippen LogP contribution >= 0.6 is 22.6 Å². The summed E-state index contributed by atoms with van der Waals surface area (Å²) in [6.07, 6.45) is 1.54. The monoisotopic (exact) mass is 386 g/mol. The van der Waals surface area contributed by atoms with E-state index >= 15 is 0 Å². The molecule has 0 bridgehead atoms. The zero-order valence-electron chi connectivity index (χ0n) is 9.78. The van der Waals surface area contributed by atoms with Gasteiger partial charge >= 0.3 is 0 Å². The molecular weight excluding hydrogens is 374 g/mol. The molecule has 1 aromatic carbocycles. The number of nitro groups is 1. The van der Waals surface area contributed by atoms with E-state index in [1.165, 1.54) is 6.07 Å². The quantitative estimate of drug-likeness (QED) is 0.480. The summed E-state index contributed by atoms with van der Waals surface area (Å²) in [7, 11) is -1.02. The molecule has 1 rings (SSSR count). The Bertz CT molecular complexity index is 498. The lowest BCUT2D eigenvalue weighted by molar-refractivity contribution is -0.384. The summed E-state index contributed by atoms with van der Waals surface area (Å²) in [6, 6.07) is 2.03.